The van der Waals surface area contributed by atoms with Gasteiger partial charge in [-0.25, -0.2) is 4.79 Å². The number of esters is 1. The molecule has 0 aromatic rings. The van der Waals surface area contributed by atoms with E-state index in [0.717, 1.165) is 0 Å². The lowest BCUT2D eigenvalue weighted by atomic mass is 10.1. The molecule has 0 saturated heterocycles. The topological polar surface area (TPSA) is 134 Å². The first kappa shape index (κ1) is 17.8. The lowest BCUT2D eigenvalue weighted by Gasteiger charge is -2.19. The van der Waals surface area contributed by atoms with E-state index in [4.69, 9.17) is 14.9 Å². The number of aliphatic hydroxyl groups excluding tert-OH is 1. The molecular weight excluding hydrogens is 260 g/mol. The summed E-state index contributed by atoms with van der Waals surface area (Å²) >= 11 is 0. The van der Waals surface area contributed by atoms with Crippen LogP contribution in [0.25, 0.3) is 0 Å². The molecule has 0 heterocycles. The fraction of sp³-hybridized carbons (Fsp3) is 0.818. The van der Waals surface area contributed by atoms with Crippen molar-refractivity contribution in [3.63, 3.8) is 0 Å². The maximum atomic E-state index is 11.3. The highest BCUT2D eigenvalue weighted by Gasteiger charge is 2.34. The number of carboxylic acid groups (broad SMARTS) is 1. The lowest BCUT2D eigenvalue weighted by molar-refractivity contribution is -0.213. The molecule has 0 radical (unpaired) electrons. The zero-order valence-electron chi connectivity index (χ0n) is 10.7. The van der Waals surface area contributed by atoms with Crippen LogP contribution in [0, 0.1) is 0 Å². The van der Waals surface area contributed by atoms with E-state index in [-0.39, 0.29) is 32.7 Å². The molecule has 19 heavy (non-hydrogen) atoms. The van der Waals surface area contributed by atoms with E-state index >= 15 is 0 Å². The van der Waals surface area contributed by atoms with Crippen molar-refractivity contribution in [2.75, 3.05) is 19.8 Å². The smallest absolute Gasteiger partial charge is 0.366 e. The maximum absolute atomic E-state index is 11.3. The maximum Gasteiger partial charge on any atom is 0.366 e. The first-order valence-electron chi connectivity index (χ1n) is 5.85. The second-order valence-corrected chi connectivity index (χ2v) is 4.12. The Balaban J connectivity index is 3.81. The largest absolute Gasteiger partial charge is 0.481 e. The third-order valence-corrected chi connectivity index (χ3v) is 2.06. The quantitative estimate of drug-likeness (QED) is 0.224. The van der Waals surface area contributed by atoms with Crippen LogP contribution in [-0.2, 0) is 19.1 Å². The van der Waals surface area contributed by atoms with Gasteiger partial charge in [-0.3, -0.25) is 4.79 Å². The normalized spacial score (nSPS) is 13.1. The van der Waals surface area contributed by atoms with Gasteiger partial charge in [0.15, 0.2) is 0 Å². The van der Waals surface area contributed by atoms with Crippen LogP contribution in [0.2, 0.25) is 0 Å². The Morgan fingerprint density at radius 2 is 1.89 bits per heavy atom. The van der Waals surface area contributed by atoms with E-state index in [1.54, 1.807) is 0 Å². The summed E-state index contributed by atoms with van der Waals surface area (Å²) in [6.07, 6.45) is -1.39. The number of aliphatic hydroxyl groups is 3. The van der Waals surface area contributed by atoms with Crippen molar-refractivity contribution in [3.05, 3.63) is 0 Å². The summed E-state index contributed by atoms with van der Waals surface area (Å²) in [4.78, 5) is 21.5. The van der Waals surface area contributed by atoms with Gasteiger partial charge in [-0.1, -0.05) is 0 Å². The van der Waals surface area contributed by atoms with Gasteiger partial charge in [-0.15, -0.1) is 0 Å². The molecule has 0 rings (SSSR count). The van der Waals surface area contributed by atoms with E-state index in [0.29, 0.717) is 0 Å². The second kappa shape index (κ2) is 8.81. The Hall–Kier alpha value is -1.22. The molecule has 4 N–H and O–H groups in total. The summed E-state index contributed by atoms with van der Waals surface area (Å²) in [7, 11) is 0. The van der Waals surface area contributed by atoms with Crippen LogP contribution >= 0.6 is 0 Å². The SMILES string of the molecule is CC(O)COCCOC(=O)C(O)(O)CCCC(=O)O. The van der Waals surface area contributed by atoms with Gasteiger partial charge in [0.2, 0.25) is 0 Å². The summed E-state index contributed by atoms with van der Waals surface area (Å²) in [5.41, 5.74) is 0. The highest BCUT2D eigenvalue weighted by molar-refractivity contribution is 5.77. The van der Waals surface area contributed by atoms with E-state index in [1.165, 1.54) is 6.92 Å². The van der Waals surface area contributed by atoms with Crippen molar-refractivity contribution in [3.8, 4) is 0 Å². The Bertz CT molecular complexity index is 286. The van der Waals surface area contributed by atoms with Crippen molar-refractivity contribution in [2.45, 2.75) is 38.1 Å². The third kappa shape index (κ3) is 9.37. The number of hydrogen-bond acceptors (Lipinski definition) is 7. The zero-order valence-corrected chi connectivity index (χ0v) is 10.7. The van der Waals surface area contributed by atoms with Crippen molar-refractivity contribution in [2.24, 2.45) is 0 Å². The Morgan fingerprint density at radius 1 is 1.26 bits per heavy atom. The van der Waals surface area contributed by atoms with Gasteiger partial charge in [0.05, 0.1) is 19.3 Å². The molecule has 0 saturated carbocycles. The van der Waals surface area contributed by atoms with E-state index < -0.39 is 30.3 Å². The first-order valence-corrected chi connectivity index (χ1v) is 5.85. The molecule has 0 aliphatic heterocycles. The lowest BCUT2D eigenvalue weighted by Crippen LogP contribution is -2.40. The van der Waals surface area contributed by atoms with Crippen LogP contribution in [0.3, 0.4) is 0 Å². The van der Waals surface area contributed by atoms with Gasteiger partial charge in [0.25, 0.3) is 5.79 Å². The van der Waals surface area contributed by atoms with Crippen molar-refractivity contribution in [1.29, 1.82) is 0 Å². The monoisotopic (exact) mass is 280 g/mol. The van der Waals surface area contributed by atoms with E-state index in [9.17, 15) is 19.8 Å². The molecule has 0 aromatic heterocycles. The molecule has 1 atom stereocenters. The number of aliphatic carboxylic acids is 1. The van der Waals surface area contributed by atoms with E-state index in [1.807, 2.05) is 0 Å². The number of carbonyl (C=O) groups excluding carboxylic acids is 1. The predicted molar refractivity (Wildman–Crippen MR) is 62.1 cm³/mol. The summed E-state index contributed by atoms with van der Waals surface area (Å²) < 4.78 is 9.46. The molecule has 112 valence electrons. The van der Waals surface area contributed by atoms with Gasteiger partial charge < -0.3 is 29.9 Å². The Morgan fingerprint density at radius 3 is 2.42 bits per heavy atom. The van der Waals surface area contributed by atoms with Gasteiger partial charge in [0, 0.05) is 12.8 Å². The second-order valence-electron chi connectivity index (χ2n) is 4.12. The van der Waals surface area contributed by atoms with Crippen molar-refractivity contribution >= 4 is 11.9 Å². The zero-order chi connectivity index (χ0) is 14.9. The average Bonchev–Trinajstić information content (AvgIpc) is 2.26. The van der Waals surface area contributed by atoms with Crippen LogP contribution in [-0.4, -0.2) is 64.1 Å². The average molecular weight is 280 g/mol. The molecule has 8 nitrogen and oxygen atoms in total. The predicted octanol–water partition coefficient (Wildman–Crippen LogP) is -1.14. The molecule has 0 spiro atoms. The summed E-state index contributed by atoms with van der Waals surface area (Å²) in [5, 5.41) is 35.9. The summed E-state index contributed by atoms with van der Waals surface area (Å²) in [6.45, 7) is 1.44. The Labute approximate surface area is 110 Å². The highest BCUT2D eigenvalue weighted by atomic mass is 16.6. The standard InChI is InChI=1S/C11H20O8/c1-8(12)7-18-5-6-19-10(15)11(16,17)4-2-3-9(13)14/h8,12,16-17H,2-7H2,1H3,(H,13,14). The molecule has 0 amide bonds. The fourth-order valence-corrected chi connectivity index (χ4v) is 1.15. The highest BCUT2D eigenvalue weighted by Crippen LogP contribution is 2.12. The van der Waals surface area contributed by atoms with E-state index in [2.05, 4.69) is 4.74 Å². The first-order chi connectivity index (χ1) is 8.75. The molecule has 0 fully saturated rings. The number of ether oxygens (including phenoxy) is 2. The minimum absolute atomic E-state index is 0.0157. The molecule has 0 aliphatic rings. The third-order valence-electron chi connectivity index (χ3n) is 2.06. The van der Waals surface area contributed by atoms with Crippen LogP contribution in [0.1, 0.15) is 26.2 Å². The Kier molecular flexibility index (Phi) is 8.24. The molecule has 0 aromatic carbocycles. The van der Waals surface area contributed by atoms with Gasteiger partial charge in [-0.2, -0.15) is 0 Å². The van der Waals surface area contributed by atoms with Gasteiger partial charge in [-0.05, 0) is 13.3 Å². The molecule has 0 aliphatic carbocycles. The van der Waals surface area contributed by atoms with Crippen LogP contribution < -0.4 is 0 Å². The van der Waals surface area contributed by atoms with Crippen LogP contribution in [0.15, 0.2) is 0 Å². The van der Waals surface area contributed by atoms with Crippen molar-refractivity contribution in [1.82, 2.24) is 0 Å². The summed E-state index contributed by atoms with van der Waals surface area (Å²) in [5.74, 6) is -5.03. The number of rotatable bonds is 10. The minimum Gasteiger partial charge on any atom is -0.481 e. The van der Waals surface area contributed by atoms with Crippen LogP contribution in [0.4, 0.5) is 0 Å². The number of carboxylic acids is 1. The summed E-state index contributed by atoms with van der Waals surface area (Å²) in [6, 6.07) is 0. The molecule has 1 unspecified atom stereocenters. The number of carbonyl (C=O) groups is 2. The minimum atomic E-state index is -2.69. The number of hydrogen-bond donors (Lipinski definition) is 4. The van der Waals surface area contributed by atoms with Gasteiger partial charge >= 0.3 is 11.9 Å². The molecule has 0 bridgehead atoms. The van der Waals surface area contributed by atoms with Gasteiger partial charge in [0.1, 0.15) is 6.61 Å². The molecule has 8 heteroatoms. The van der Waals surface area contributed by atoms with Crippen molar-refractivity contribution < 1.29 is 39.5 Å². The van der Waals surface area contributed by atoms with Crippen LogP contribution in [0.5, 0.6) is 0 Å². The fourth-order valence-electron chi connectivity index (χ4n) is 1.15. The molecular formula is C11H20O8.